The third-order valence-corrected chi connectivity index (χ3v) is 5.63. The van der Waals surface area contributed by atoms with E-state index >= 15 is 0 Å². The Hall–Kier alpha value is -3.61. The number of hydrogen-bond donors (Lipinski definition) is 1. The molecule has 1 atom stereocenters. The van der Waals surface area contributed by atoms with Crippen molar-refractivity contribution in [2.24, 2.45) is 10.1 Å². The number of hydrogen-bond acceptors (Lipinski definition) is 5. The third-order valence-electron chi connectivity index (χ3n) is 5.63. The molecule has 0 aromatic heterocycles. The number of ether oxygens (including phenoxy) is 2. The molecule has 2 aromatic rings. The van der Waals surface area contributed by atoms with Crippen LogP contribution in [-0.2, 0) is 6.42 Å². The van der Waals surface area contributed by atoms with E-state index in [1.807, 2.05) is 50.4 Å². The molecule has 0 bridgehead atoms. The van der Waals surface area contributed by atoms with Crippen LogP contribution in [0.2, 0.25) is 0 Å². The van der Waals surface area contributed by atoms with Gasteiger partial charge in [0.25, 0.3) is 0 Å². The van der Waals surface area contributed by atoms with Crippen molar-refractivity contribution in [3.8, 4) is 11.5 Å². The molecule has 33 heavy (non-hydrogen) atoms. The fourth-order valence-electron chi connectivity index (χ4n) is 3.83. The Morgan fingerprint density at radius 1 is 1.24 bits per heavy atom. The van der Waals surface area contributed by atoms with Crippen molar-refractivity contribution in [1.29, 1.82) is 0 Å². The van der Waals surface area contributed by atoms with Gasteiger partial charge in [0.2, 0.25) is 0 Å². The number of methoxy groups -OCH3 is 2. The van der Waals surface area contributed by atoms with Gasteiger partial charge in [0.05, 0.1) is 26.0 Å². The number of benzene rings is 2. The van der Waals surface area contributed by atoms with Crippen molar-refractivity contribution >= 4 is 23.5 Å². The van der Waals surface area contributed by atoms with Crippen LogP contribution in [0.5, 0.6) is 11.5 Å². The summed E-state index contributed by atoms with van der Waals surface area (Å²) >= 11 is 0. The maximum Gasteiger partial charge on any atom is 0.337 e. The van der Waals surface area contributed by atoms with Crippen LogP contribution >= 0.6 is 0 Å². The monoisotopic (exact) mass is 448 g/mol. The number of hydrazone groups is 1. The molecule has 174 valence electrons. The quantitative estimate of drug-likeness (QED) is 0.660. The van der Waals surface area contributed by atoms with Crippen LogP contribution in [0.25, 0.3) is 5.57 Å². The summed E-state index contributed by atoms with van der Waals surface area (Å²) in [6.07, 6.45) is 4.45. The van der Waals surface area contributed by atoms with E-state index in [-0.39, 0.29) is 12.1 Å². The molecule has 0 spiro atoms. The first-order valence-corrected chi connectivity index (χ1v) is 11.1. The van der Waals surface area contributed by atoms with Gasteiger partial charge in [-0.3, -0.25) is 4.99 Å². The lowest BCUT2D eigenvalue weighted by atomic mass is 9.92. The largest absolute Gasteiger partial charge is 0.493 e. The molecular formula is C26H32N4O3. The smallest absolute Gasteiger partial charge is 0.337 e. The Balaban J connectivity index is 2.21. The van der Waals surface area contributed by atoms with Gasteiger partial charge in [-0.15, -0.1) is 0 Å². The van der Waals surface area contributed by atoms with Crippen LogP contribution in [0.4, 0.5) is 4.79 Å². The number of nitrogens with zero attached hydrogens (tertiary/aromatic N) is 3. The first-order chi connectivity index (χ1) is 15.9. The lowest BCUT2D eigenvalue weighted by Gasteiger charge is -2.22. The molecule has 1 N–H and O–H groups in total. The van der Waals surface area contributed by atoms with Gasteiger partial charge in [0.1, 0.15) is 0 Å². The van der Waals surface area contributed by atoms with E-state index in [2.05, 4.69) is 29.4 Å². The van der Waals surface area contributed by atoms with E-state index in [1.54, 1.807) is 21.3 Å². The van der Waals surface area contributed by atoms with Crippen molar-refractivity contribution in [3.05, 3.63) is 64.7 Å². The second-order valence-electron chi connectivity index (χ2n) is 7.84. The summed E-state index contributed by atoms with van der Waals surface area (Å²) in [5.41, 5.74) is 5.71. The summed E-state index contributed by atoms with van der Waals surface area (Å²) in [4.78, 5) is 16.9. The average Bonchev–Trinajstić information content (AvgIpc) is 2.98. The minimum Gasteiger partial charge on any atom is -0.493 e. The lowest BCUT2D eigenvalue weighted by molar-refractivity contribution is 0.184. The van der Waals surface area contributed by atoms with Crippen LogP contribution in [0, 0.1) is 0 Å². The van der Waals surface area contributed by atoms with Crippen LogP contribution in [-0.4, -0.2) is 56.8 Å². The summed E-state index contributed by atoms with van der Waals surface area (Å²) < 4.78 is 11.1. The summed E-state index contributed by atoms with van der Waals surface area (Å²) in [6.45, 7) is 6.79. The number of allylic oxidation sites excluding steroid dienone is 2. The van der Waals surface area contributed by atoms with Crippen LogP contribution < -0.4 is 14.8 Å². The van der Waals surface area contributed by atoms with E-state index < -0.39 is 0 Å². The van der Waals surface area contributed by atoms with E-state index in [9.17, 15) is 4.79 Å². The summed E-state index contributed by atoms with van der Waals surface area (Å²) in [6, 6.07) is 11.7. The predicted molar refractivity (Wildman–Crippen MR) is 134 cm³/mol. The minimum atomic E-state index is -0.255. The second kappa shape index (κ2) is 10.8. The molecule has 0 radical (unpaired) electrons. The Bertz CT molecular complexity index is 1100. The zero-order chi connectivity index (χ0) is 24.0. The van der Waals surface area contributed by atoms with Crippen LogP contribution in [0.1, 0.15) is 43.0 Å². The van der Waals surface area contributed by atoms with Gasteiger partial charge in [0.15, 0.2) is 11.5 Å². The fourth-order valence-corrected chi connectivity index (χ4v) is 3.83. The second-order valence-corrected chi connectivity index (χ2v) is 7.84. The highest BCUT2D eigenvalue weighted by Crippen LogP contribution is 2.35. The molecule has 1 aliphatic heterocycles. The zero-order valence-electron chi connectivity index (χ0n) is 20.2. The summed E-state index contributed by atoms with van der Waals surface area (Å²) in [5, 5.41) is 9.05. The Labute approximate surface area is 195 Å². The van der Waals surface area contributed by atoms with Gasteiger partial charge in [-0.2, -0.15) is 5.10 Å². The van der Waals surface area contributed by atoms with Crippen molar-refractivity contribution in [1.82, 2.24) is 10.3 Å². The van der Waals surface area contributed by atoms with E-state index in [4.69, 9.17) is 14.6 Å². The van der Waals surface area contributed by atoms with E-state index in [0.29, 0.717) is 23.6 Å². The molecule has 1 unspecified atom stereocenters. The molecule has 3 rings (SSSR count). The van der Waals surface area contributed by atoms with E-state index in [1.165, 1.54) is 5.01 Å². The highest BCUT2D eigenvalue weighted by molar-refractivity contribution is 6.15. The van der Waals surface area contributed by atoms with Crippen molar-refractivity contribution in [2.75, 3.05) is 27.8 Å². The molecule has 1 aliphatic rings. The number of amides is 2. The van der Waals surface area contributed by atoms with Gasteiger partial charge in [0, 0.05) is 30.9 Å². The number of rotatable bonds is 6. The maximum absolute atomic E-state index is 12.7. The van der Waals surface area contributed by atoms with Crippen molar-refractivity contribution < 1.29 is 14.3 Å². The number of aliphatic imine (C=N–C) groups is 1. The molecular weight excluding hydrogens is 416 g/mol. The number of nitrogens with one attached hydrogen (secondary N) is 1. The average molecular weight is 449 g/mol. The van der Waals surface area contributed by atoms with Gasteiger partial charge in [-0.1, -0.05) is 18.2 Å². The molecule has 1 heterocycles. The molecule has 2 aromatic carbocycles. The van der Waals surface area contributed by atoms with Crippen LogP contribution in [0.15, 0.2) is 52.6 Å². The highest BCUT2D eigenvalue weighted by Gasteiger charge is 2.28. The topological polar surface area (TPSA) is 75.5 Å². The first-order valence-electron chi connectivity index (χ1n) is 11.1. The molecule has 0 saturated carbocycles. The standard InChI is InChI=1S/C26H32N4O3/c1-7-28-12-11-17(2)19-9-8-10-20(14-19)25-22-16-24(33-6)23(32-5)15-21(22)13-18(3)30(29-25)26(31)27-4/h8-12,14-16,18H,7,13H2,1-6H3,(H,27,31)/b17-11+,28-12?. The van der Waals surface area contributed by atoms with Crippen molar-refractivity contribution in [2.45, 2.75) is 33.2 Å². The van der Waals surface area contributed by atoms with Gasteiger partial charge < -0.3 is 14.8 Å². The zero-order valence-corrected chi connectivity index (χ0v) is 20.2. The fraction of sp³-hybridized carbons (Fsp3) is 0.346. The SMILES string of the molecule is CCN=C/C=C(\C)c1cccc(C2=NN(C(=O)NC)C(C)Cc3cc(OC)c(OC)cc32)c1. The number of carbonyl (C=O) groups excluding carboxylic acids is 1. The molecule has 0 saturated heterocycles. The molecule has 0 aliphatic carbocycles. The van der Waals surface area contributed by atoms with E-state index in [0.717, 1.165) is 34.4 Å². The Morgan fingerprint density at radius 2 is 1.97 bits per heavy atom. The first kappa shape index (κ1) is 24.0. The Morgan fingerprint density at radius 3 is 2.64 bits per heavy atom. The summed E-state index contributed by atoms with van der Waals surface area (Å²) in [7, 11) is 4.85. The maximum atomic E-state index is 12.7. The minimum absolute atomic E-state index is 0.144. The van der Waals surface area contributed by atoms with Gasteiger partial charge in [-0.05, 0) is 68.2 Å². The molecule has 7 heteroatoms. The molecule has 0 fully saturated rings. The predicted octanol–water partition coefficient (Wildman–Crippen LogP) is 4.54. The van der Waals surface area contributed by atoms with Gasteiger partial charge >= 0.3 is 6.03 Å². The normalized spacial score (nSPS) is 16.2. The van der Waals surface area contributed by atoms with Crippen LogP contribution in [0.3, 0.4) is 0 Å². The number of fused-ring (bicyclic) bond motifs is 1. The van der Waals surface area contributed by atoms with Gasteiger partial charge in [-0.25, -0.2) is 9.80 Å². The Kier molecular flexibility index (Phi) is 7.87. The number of carbonyl (C=O) groups is 1. The number of urea groups is 1. The lowest BCUT2D eigenvalue weighted by Crippen LogP contribution is -2.41. The molecule has 7 nitrogen and oxygen atoms in total. The van der Waals surface area contributed by atoms with Crippen molar-refractivity contribution in [3.63, 3.8) is 0 Å². The molecule has 2 amide bonds. The third kappa shape index (κ3) is 5.25. The summed E-state index contributed by atoms with van der Waals surface area (Å²) in [5.74, 6) is 1.27. The highest BCUT2D eigenvalue weighted by atomic mass is 16.5.